The van der Waals surface area contributed by atoms with Crippen LogP contribution in [0.1, 0.15) is 110 Å². The van der Waals surface area contributed by atoms with Gasteiger partial charge in [0.05, 0.1) is 24.6 Å². The number of amides is 1. The van der Waals surface area contributed by atoms with Crippen molar-refractivity contribution in [1.29, 1.82) is 0 Å². The first kappa shape index (κ1) is 29.1. The summed E-state index contributed by atoms with van der Waals surface area (Å²) in [6.45, 7) is 19.0. The van der Waals surface area contributed by atoms with E-state index in [1.165, 1.54) is 25.7 Å². The van der Waals surface area contributed by atoms with Crippen LogP contribution in [0.5, 0.6) is 0 Å². The third-order valence-corrected chi connectivity index (χ3v) is 12.8. The van der Waals surface area contributed by atoms with Crippen molar-refractivity contribution in [3.05, 3.63) is 29.4 Å². The lowest BCUT2D eigenvalue weighted by Gasteiger charge is -2.60. The Bertz CT molecular complexity index is 1220. The molecule has 4 aliphatic carbocycles. The number of aromatic nitrogens is 2. The Morgan fingerprint density at radius 3 is 2.49 bits per heavy atom. The van der Waals surface area contributed by atoms with Gasteiger partial charge >= 0.3 is 0 Å². The van der Waals surface area contributed by atoms with E-state index in [-0.39, 0.29) is 22.7 Å². The van der Waals surface area contributed by atoms with Gasteiger partial charge in [-0.3, -0.25) is 14.2 Å². The summed E-state index contributed by atoms with van der Waals surface area (Å²) in [6.07, 6.45) is 13.4. The number of hydrogen-bond donors (Lipinski definition) is 0. The maximum atomic E-state index is 13.1. The molecular weight excluding hydrogens is 510 g/mol. The van der Waals surface area contributed by atoms with E-state index >= 15 is 0 Å². The third-order valence-electron chi connectivity index (χ3n) is 12.8. The summed E-state index contributed by atoms with van der Waals surface area (Å²) in [5.41, 5.74) is 4.07. The van der Waals surface area contributed by atoms with E-state index in [1.54, 1.807) is 11.9 Å². The highest BCUT2D eigenvalue weighted by Crippen LogP contribution is 2.68. The largest absolute Gasteiger partial charge is 0.378 e. The summed E-state index contributed by atoms with van der Waals surface area (Å²) < 4.78 is 7.32. The van der Waals surface area contributed by atoms with Crippen LogP contribution < -0.4 is 0 Å². The maximum Gasteiger partial charge on any atom is 0.234 e. The van der Waals surface area contributed by atoms with E-state index in [4.69, 9.17) is 9.72 Å². The van der Waals surface area contributed by atoms with Crippen LogP contribution in [0.3, 0.4) is 0 Å². The molecule has 2 saturated carbocycles. The van der Waals surface area contributed by atoms with Gasteiger partial charge in [-0.25, -0.2) is 4.98 Å². The summed E-state index contributed by atoms with van der Waals surface area (Å²) in [4.78, 5) is 32.9. The van der Waals surface area contributed by atoms with E-state index < -0.39 is 0 Å². The highest BCUT2D eigenvalue weighted by atomic mass is 16.5. The molecule has 0 bridgehead atoms. The Morgan fingerprint density at radius 2 is 1.78 bits per heavy atom. The number of imidazole rings is 1. The smallest absolute Gasteiger partial charge is 0.234 e. The minimum Gasteiger partial charge on any atom is -0.378 e. The van der Waals surface area contributed by atoms with Crippen LogP contribution in [0.4, 0.5) is 0 Å². The van der Waals surface area contributed by atoms with Crippen molar-refractivity contribution < 1.29 is 14.3 Å². The van der Waals surface area contributed by atoms with E-state index in [2.05, 4.69) is 40.7 Å². The molecule has 2 heterocycles. The van der Waals surface area contributed by atoms with Gasteiger partial charge in [0.25, 0.3) is 0 Å². The van der Waals surface area contributed by atoms with Crippen LogP contribution >= 0.6 is 0 Å². The van der Waals surface area contributed by atoms with E-state index in [0.717, 1.165) is 49.7 Å². The van der Waals surface area contributed by atoms with Gasteiger partial charge in [0, 0.05) is 37.3 Å². The molecule has 41 heavy (non-hydrogen) atoms. The van der Waals surface area contributed by atoms with Crippen LogP contribution in [0.25, 0.3) is 0 Å². The first-order valence-corrected chi connectivity index (χ1v) is 16.6. The van der Waals surface area contributed by atoms with Gasteiger partial charge in [-0.2, -0.15) is 0 Å². The van der Waals surface area contributed by atoms with Gasteiger partial charge in [0.1, 0.15) is 6.33 Å². The Hall–Kier alpha value is -1.95. The molecule has 1 amide bonds. The number of morpholine rings is 1. The van der Waals surface area contributed by atoms with Crippen LogP contribution in [-0.2, 0) is 21.4 Å². The molecule has 0 aromatic carbocycles. The van der Waals surface area contributed by atoms with Gasteiger partial charge in [-0.1, -0.05) is 60.1 Å². The fourth-order valence-corrected chi connectivity index (χ4v) is 10.9. The zero-order chi connectivity index (χ0) is 29.3. The summed E-state index contributed by atoms with van der Waals surface area (Å²) in [5, 5.41) is 0. The number of hydrogen-bond acceptors (Lipinski definition) is 4. The molecule has 0 N–H and O–H groups in total. The number of allylic oxidation sites excluding steroid dienone is 2. The van der Waals surface area contributed by atoms with Gasteiger partial charge in [0.15, 0.2) is 0 Å². The predicted molar refractivity (Wildman–Crippen MR) is 162 cm³/mol. The highest BCUT2D eigenvalue weighted by Gasteiger charge is 2.61. The molecule has 5 aliphatic rings. The van der Waals surface area contributed by atoms with Crippen LogP contribution in [0, 0.1) is 46.3 Å². The number of carbonyl (C=O) groups excluding carboxylic acids is 2. The molecule has 0 spiro atoms. The molecule has 6 heteroatoms. The van der Waals surface area contributed by atoms with E-state index in [9.17, 15) is 9.59 Å². The van der Waals surface area contributed by atoms with Crippen molar-refractivity contribution in [3.63, 3.8) is 0 Å². The lowest BCUT2D eigenvalue weighted by atomic mass is 9.44. The molecule has 3 fully saturated rings. The quantitative estimate of drug-likeness (QED) is 0.375. The Morgan fingerprint density at radius 1 is 1.05 bits per heavy atom. The molecule has 7 atom stereocenters. The Kier molecular flexibility index (Phi) is 7.35. The van der Waals surface area contributed by atoms with Gasteiger partial charge in [-0.05, 0) is 78.9 Å². The number of fused-ring (bicyclic) bond motifs is 6. The fraction of sp³-hybridized carbons (Fsp3) is 0.800. The highest BCUT2D eigenvalue weighted by molar-refractivity contribution is 5.82. The minimum atomic E-state index is -0.200. The van der Waals surface area contributed by atoms with Crippen molar-refractivity contribution in [3.8, 4) is 0 Å². The average Bonchev–Trinajstić information content (AvgIpc) is 3.52. The maximum absolute atomic E-state index is 13.1. The molecule has 1 aromatic heterocycles. The first-order valence-electron chi connectivity index (χ1n) is 16.6. The molecule has 0 unspecified atom stereocenters. The average molecular weight is 564 g/mol. The molecule has 1 saturated heterocycles. The lowest BCUT2D eigenvalue weighted by Crippen LogP contribution is -2.54. The number of carbonyl (C=O) groups is 2. The second-order valence-corrected chi connectivity index (χ2v) is 15.6. The predicted octanol–water partition coefficient (Wildman–Crippen LogP) is 6.68. The second kappa shape index (κ2) is 10.3. The second-order valence-electron chi connectivity index (χ2n) is 15.6. The third kappa shape index (κ3) is 4.48. The summed E-state index contributed by atoms with van der Waals surface area (Å²) in [6, 6.07) is 0. The van der Waals surface area contributed by atoms with Crippen molar-refractivity contribution in [2.45, 2.75) is 105 Å². The number of ether oxygens (including phenoxy) is 1. The molecule has 6 nitrogen and oxygen atoms in total. The van der Waals surface area contributed by atoms with Gasteiger partial charge in [-0.15, -0.1) is 0 Å². The van der Waals surface area contributed by atoms with Crippen molar-refractivity contribution in [2.75, 3.05) is 26.3 Å². The fourth-order valence-electron chi connectivity index (χ4n) is 10.9. The molecule has 226 valence electrons. The van der Waals surface area contributed by atoms with Gasteiger partial charge < -0.3 is 9.64 Å². The van der Waals surface area contributed by atoms with E-state index in [0.29, 0.717) is 54.6 Å². The van der Waals surface area contributed by atoms with Crippen LogP contribution in [0.15, 0.2) is 18.0 Å². The SMILES string of the molecule is CC(C)C(=O)n1cnc2c1C(C)(C)C1=CC[C@H]3[C@@H]4CC[C@H]([C@H](C)CCC(=O)N5CCOCC5)[C@@]4(C)CC[C@@H]3[C@@]1(C)C2. The van der Waals surface area contributed by atoms with Gasteiger partial charge in [0.2, 0.25) is 11.8 Å². The number of rotatable bonds is 5. The van der Waals surface area contributed by atoms with Crippen molar-refractivity contribution >= 4 is 11.8 Å². The zero-order valence-electron chi connectivity index (χ0n) is 26.7. The molecule has 6 rings (SSSR count). The summed E-state index contributed by atoms with van der Waals surface area (Å²) >= 11 is 0. The van der Waals surface area contributed by atoms with Crippen molar-refractivity contribution in [1.82, 2.24) is 14.5 Å². The Labute approximate surface area is 247 Å². The normalized spacial score (nSPS) is 36.6. The van der Waals surface area contributed by atoms with E-state index in [1.807, 2.05) is 23.3 Å². The van der Waals surface area contributed by atoms with Crippen molar-refractivity contribution in [2.24, 2.45) is 46.3 Å². The number of nitrogens with zero attached hydrogens (tertiary/aromatic N) is 3. The standard InChI is InChI=1S/C35H53N3O3/c1-22(2)32(40)38-21-36-28-20-35(7)27-14-15-34(6)25(23(3)8-13-30(39)37-16-18-41-19-17-37)10-11-26(34)24(27)9-12-29(35)33(4,5)31(28)38/h12,21-27H,8-11,13-20H2,1-7H3/t23-,24+,25-,26+,27+,34-,35-/m1/s1. The first-order chi connectivity index (χ1) is 19.4. The van der Waals surface area contributed by atoms with Crippen LogP contribution in [0.2, 0.25) is 0 Å². The molecule has 1 aliphatic heterocycles. The lowest BCUT2D eigenvalue weighted by molar-refractivity contribution is -0.135. The zero-order valence-corrected chi connectivity index (χ0v) is 26.7. The molecule has 1 aromatic rings. The topological polar surface area (TPSA) is 64.4 Å². The summed E-state index contributed by atoms with van der Waals surface area (Å²) in [7, 11) is 0. The monoisotopic (exact) mass is 563 g/mol. The molecular formula is C35H53N3O3. The minimum absolute atomic E-state index is 0.0478. The van der Waals surface area contributed by atoms with Crippen LogP contribution in [-0.4, -0.2) is 52.6 Å². The summed E-state index contributed by atoms with van der Waals surface area (Å²) in [5.74, 6) is 3.83. The Balaban J connectivity index is 1.21. The molecule has 0 radical (unpaired) electrons.